The molecular formula is C25H25ClFN5O2. The fraction of sp³-hybridized carbons (Fsp3) is 0.320. The van der Waals surface area contributed by atoms with Gasteiger partial charge in [0.15, 0.2) is 0 Å². The maximum absolute atomic E-state index is 14.8. The summed E-state index contributed by atoms with van der Waals surface area (Å²) in [6.45, 7) is 8.58. The lowest BCUT2D eigenvalue weighted by molar-refractivity contribution is 0.0512. The summed E-state index contributed by atoms with van der Waals surface area (Å²) in [5.41, 5.74) is 2.64. The Balaban J connectivity index is 1.58. The Morgan fingerprint density at radius 1 is 1.24 bits per heavy atom. The lowest BCUT2D eigenvalue weighted by Gasteiger charge is -2.39. The van der Waals surface area contributed by atoms with Gasteiger partial charge in [0.05, 0.1) is 23.6 Å². The zero-order valence-corrected chi connectivity index (χ0v) is 20.2. The van der Waals surface area contributed by atoms with Crippen molar-refractivity contribution in [2.45, 2.75) is 52.9 Å². The molecule has 34 heavy (non-hydrogen) atoms. The van der Waals surface area contributed by atoms with E-state index < -0.39 is 0 Å². The monoisotopic (exact) mass is 481 g/mol. The molecule has 1 aliphatic heterocycles. The van der Waals surface area contributed by atoms with E-state index in [9.17, 15) is 14.0 Å². The van der Waals surface area contributed by atoms with E-state index >= 15 is 0 Å². The first-order valence-electron chi connectivity index (χ1n) is 11.3. The van der Waals surface area contributed by atoms with Gasteiger partial charge < -0.3 is 18.6 Å². The molecular weight excluding hydrogens is 457 g/mol. The van der Waals surface area contributed by atoms with Gasteiger partial charge in [-0.05, 0) is 52.0 Å². The molecule has 0 radical (unpaired) electrons. The molecule has 0 saturated heterocycles. The lowest BCUT2D eigenvalue weighted by Crippen LogP contribution is -2.50. The lowest BCUT2D eigenvalue weighted by atomic mass is 10.0. The number of pyridine rings is 1. The minimum Gasteiger partial charge on any atom is -0.345 e. The van der Waals surface area contributed by atoms with Gasteiger partial charge in [0.1, 0.15) is 17.2 Å². The first kappa shape index (κ1) is 22.4. The average molecular weight is 482 g/mol. The Bertz CT molecular complexity index is 1500. The van der Waals surface area contributed by atoms with Gasteiger partial charge in [-0.1, -0.05) is 11.6 Å². The molecule has 4 aromatic rings. The van der Waals surface area contributed by atoms with Crippen LogP contribution in [-0.4, -0.2) is 35.5 Å². The molecule has 1 aromatic carbocycles. The number of carbonyl (C=O) groups is 1. The predicted molar refractivity (Wildman–Crippen MR) is 129 cm³/mol. The van der Waals surface area contributed by atoms with E-state index in [1.54, 1.807) is 40.2 Å². The van der Waals surface area contributed by atoms with Gasteiger partial charge in [-0.3, -0.25) is 9.59 Å². The van der Waals surface area contributed by atoms with E-state index in [2.05, 4.69) is 4.98 Å². The number of benzene rings is 1. The van der Waals surface area contributed by atoms with Crippen LogP contribution in [0.3, 0.4) is 0 Å². The quantitative estimate of drug-likeness (QED) is 0.424. The highest BCUT2D eigenvalue weighted by molar-refractivity contribution is 6.31. The first-order valence-corrected chi connectivity index (χ1v) is 11.6. The molecule has 0 aliphatic carbocycles. The van der Waals surface area contributed by atoms with E-state index in [1.807, 2.05) is 38.5 Å². The van der Waals surface area contributed by atoms with Crippen LogP contribution in [0.25, 0.3) is 16.6 Å². The summed E-state index contributed by atoms with van der Waals surface area (Å²) in [5, 5.41) is 0.998. The van der Waals surface area contributed by atoms with Crippen molar-refractivity contribution in [2.75, 3.05) is 0 Å². The Morgan fingerprint density at radius 2 is 2.00 bits per heavy atom. The number of hydrogen-bond acceptors (Lipinski definition) is 3. The van der Waals surface area contributed by atoms with Crippen LogP contribution in [0.4, 0.5) is 4.39 Å². The third-order valence-electron chi connectivity index (χ3n) is 6.65. The molecule has 0 bridgehead atoms. The fourth-order valence-electron chi connectivity index (χ4n) is 5.04. The molecule has 4 heterocycles. The van der Waals surface area contributed by atoms with Crippen LogP contribution >= 0.6 is 11.6 Å². The van der Waals surface area contributed by atoms with Gasteiger partial charge in [0.25, 0.3) is 11.5 Å². The molecule has 0 spiro atoms. The number of aryl methyl sites for hydroxylation is 2. The number of rotatable bonds is 4. The number of imidazole rings is 1. The number of nitrogens with zero attached hydrogens (tertiary/aromatic N) is 5. The summed E-state index contributed by atoms with van der Waals surface area (Å²) in [5.74, 6) is -0.628. The van der Waals surface area contributed by atoms with Crippen LogP contribution in [0, 0.1) is 12.7 Å². The van der Waals surface area contributed by atoms with Crippen LogP contribution in [0.1, 0.15) is 48.6 Å². The summed E-state index contributed by atoms with van der Waals surface area (Å²) in [6.07, 6.45) is 5.26. The molecule has 5 rings (SSSR count). The van der Waals surface area contributed by atoms with Crippen molar-refractivity contribution in [3.63, 3.8) is 0 Å². The van der Waals surface area contributed by atoms with E-state index in [0.29, 0.717) is 40.4 Å². The number of aromatic nitrogens is 4. The molecule has 7 nitrogen and oxygen atoms in total. The highest BCUT2D eigenvalue weighted by Gasteiger charge is 2.36. The Labute approximate surface area is 201 Å². The molecule has 0 N–H and O–H groups in total. The predicted octanol–water partition coefficient (Wildman–Crippen LogP) is 4.72. The maximum atomic E-state index is 14.8. The summed E-state index contributed by atoms with van der Waals surface area (Å²) in [7, 11) is 0. The second-order valence-corrected chi connectivity index (χ2v) is 9.27. The molecule has 1 aliphatic rings. The molecule has 1 unspecified atom stereocenters. The van der Waals surface area contributed by atoms with Crippen molar-refractivity contribution in [1.29, 1.82) is 0 Å². The summed E-state index contributed by atoms with van der Waals surface area (Å²) >= 11 is 6.17. The van der Waals surface area contributed by atoms with Gasteiger partial charge in [0, 0.05) is 47.5 Å². The molecule has 3 aromatic heterocycles. The Hall–Kier alpha value is -3.39. The zero-order valence-electron chi connectivity index (χ0n) is 19.4. The van der Waals surface area contributed by atoms with Gasteiger partial charge in [0.2, 0.25) is 0 Å². The van der Waals surface area contributed by atoms with Gasteiger partial charge in [-0.15, -0.1) is 0 Å². The Kier molecular flexibility index (Phi) is 5.36. The standard InChI is InChI=1S/C25H25ClFN5O2/c1-5-29-12-19(18-8-17(26)9-20(27)23(18)29)16(4)32-15(3)11-31-22(25(32)34)7-6-21(24(31)33)30-10-14(2)28-13-30/h6-10,12-13,15-16H,5,11H2,1-4H3/t15?,16-/m0/s1. The normalized spacial score (nSPS) is 16.8. The summed E-state index contributed by atoms with van der Waals surface area (Å²) in [4.78, 5) is 32.8. The van der Waals surface area contributed by atoms with E-state index in [4.69, 9.17) is 11.6 Å². The highest BCUT2D eigenvalue weighted by atomic mass is 35.5. The van der Waals surface area contributed by atoms with Crippen LogP contribution in [-0.2, 0) is 13.1 Å². The van der Waals surface area contributed by atoms with E-state index in [1.165, 1.54) is 10.6 Å². The second kappa shape index (κ2) is 8.13. The van der Waals surface area contributed by atoms with Gasteiger partial charge in [-0.25, -0.2) is 9.37 Å². The van der Waals surface area contributed by atoms with E-state index in [0.717, 1.165) is 11.3 Å². The molecule has 2 atom stereocenters. The topological polar surface area (TPSA) is 65.1 Å². The third kappa shape index (κ3) is 3.36. The van der Waals surface area contributed by atoms with Crippen molar-refractivity contribution in [2.24, 2.45) is 0 Å². The second-order valence-electron chi connectivity index (χ2n) is 8.83. The zero-order chi connectivity index (χ0) is 24.3. The van der Waals surface area contributed by atoms with Crippen molar-refractivity contribution >= 4 is 28.4 Å². The smallest absolute Gasteiger partial charge is 0.275 e. The van der Waals surface area contributed by atoms with Gasteiger partial charge >= 0.3 is 0 Å². The van der Waals surface area contributed by atoms with Crippen molar-refractivity contribution in [3.8, 4) is 5.69 Å². The maximum Gasteiger partial charge on any atom is 0.275 e. The number of halogens is 2. The fourth-order valence-corrected chi connectivity index (χ4v) is 5.24. The first-order chi connectivity index (χ1) is 16.2. The average Bonchev–Trinajstić information content (AvgIpc) is 3.38. The summed E-state index contributed by atoms with van der Waals surface area (Å²) in [6, 6.07) is 5.79. The molecule has 176 valence electrons. The van der Waals surface area contributed by atoms with Crippen molar-refractivity contribution in [3.05, 3.63) is 81.1 Å². The number of fused-ring (bicyclic) bond motifs is 2. The Morgan fingerprint density at radius 3 is 2.68 bits per heavy atom. The number of hydrogen-bond donors (Lipinski definition) is 0. The SMILES string of the molecule is CCn1cc([C@H](C)N2C(=O)c3ccc(-n4cnc(C)c4)c(=O)n3CC2C)c2cc(Cl)cc(F)c21. The molecule has 0 fully saturated rings. The van der Waals surface area contributed by atoms with Crippen molar-refractivity contribution in [1.82, 2.24) is 23.6 Å². The van der Waals surface area contributed by atoms with Crippen LogP contribution in [0.2, 0.25) is 5.02 Å². The highest BCUT2D eigenvalue weighted by Crippen LogP contribution is 2.36. The molecule has 9 heteroatoms. The largest absolute Gasteiger partial charge is 0.345 e. The van der Waals surface area contributed by atoms with Crippen molar-refractivity contribution < 1.29 is 9.18 Å². The summed E-state index contributed by atoms with van der Waals surface area (Å²) < 4.78 is 19.8. The van der Waals surface area contributed by atoms with E-state index in [-0.39, 0.29) is 29.4 Å². The molecule has 0 saturated carbocycles. The third-order valence-corrected chi connectivity index (χ3v) is 6.87. The van der Waals surface area contributed by atoms with Crippen LogP contribution in [0.5, 0.6) is 0 Å². The van der Waals surface area contributed by atoms with Crippen LogP contribution < -0.4 is 5.56 Å². The molecule has 1 amide bonds. The number of carbonyl (C=O) groups excluding carboxylic acids is 1. The van der Waals surface area contributed by atoms with Crippen LogP contribution in [0.15, 0.2) is 47.8 Å². The minimum absolute atomic E-state index is 0.237. The minimum atomic E-state index is -0.389. The number of amides is 1. The van der Waals surface area contributed by atoms with Gasteiger partial charge in [-0.2, -0.15) is 0 Å².